The molecule has 1 N–H and O–H groups in total. The Morgan fingerprint density at radius 3 is 2.73 bits per heavy atom. The van der Waals surface area contributed by atoms with Gasteiger partial charge in [0.2, 0.25) is 0 Å². The molecule has 1 heteroatoms. The van der Waals surface area contributed by atoms with Crippen LogP contribution in [-0.2, 0) is 0 Å². The zero-order chi connectivity index (χ0) is 7.68. The molecule has 2 saturated carbocycles. The van der Waals surface area contributed by atoms with Gasteiger partial charge in [0.25, 0.3) is 0 Å². The van der Waals surface area contributed by atoms with E-state index < -0.39 is 0 Å². The molecular weight excluding hydrogens is 134 g/mol. The number of hydrogen-bond acceptors (Lipinski definition) is 1. The van der Waals surface area contributed by atoms with Crippen molar-refractivity contribution in [3.05, 3.63) is 0 Å². The number of fused-ring (bicyclic) bond motifs is 2. The van der Waals surface area contributed by atoms with Gasteiger partial charge in [-0.2, -0.15) is 0 Å². The van der Waals surface area contributed by atoms with Gasteiger partial charge in [-0.15, -0.1) is 0 Å². The molecule has 2 aliphatic rings. The second kappa shape index (κ2) is 3.14. The highest BCUT2D eigenvalue weighted by Crippen LogP contribution is 2.44. The summed E-state index contributed by atoms with van der Waals surface area (Å²) >= 11 is 0. The standard InChI is InChI=1S/C10H19N/c1-2-5-11-10-7-8-3-4-9(10)6-8/h8-11H,2-7H2,1H3/t8-,9+,10+/m0/s1. The summed E-state index contributed by atoms with van der Waals surface area (Å²) in [5.41, 5.74) is 0. The van der Waals surface area contributed by atoms with Crippen LogP contribution in [-0.4, -0.2) is 12.6 Å². The summed E-state index contributed by atoms with van der Waals surface area (Å²) < 4.78 is 0. The molecule has 0 amide bonds. The van der Waals surface area contributed by atoms with Gasteiger partial charge in [0.05, 0.1) is 0 Å². The third-order valence-electron chi connectivity index (χ3n) is 3.39. The van der Waals surface area contributed by atoms with E-state index >= 15 is 0 Å². The van der Waals surface area contributed by atoms with Gasteiger partial charge < -0.3 is 5.32 Å². The molecule has 2 aliphatic carbocycles. The van der Waals surface area contributed by atoms with Crippen LogP contribution in [0.15, 0.2) is 0 Å². The molecule has 2 rings (SSSR count). The van der Waals surface area contributed by atoms with Gasteiger partial charge in [-0.3, -0.25) is 0 Å². The zero-order valence-corrected chi connectivity index (χ0v) is 7.47. The lowest BCUT2D eigenvalue weighted by atomic mass is 9.95. The van der Waals surface area contributed by atoms with E-state index in [1.165, 1.54) is 38.6 Å². The van der Waals surface area contributed by atoms with E-state index in [4.69, 9.17) is 0 Å². The van der Waals surface area contributed by atoms with Crippen molar-refractivity contribution in [3.63, 3.8) is 0 Å². The quantitative estimate of drug-likeness (QED) is 0.655. The third kappa shape index (κ3) is 1.44. The normalized spacial score (nSPS) is 41.7. The van der Waals surface area contributed by atoms with Gasteiger partial charge in [-0.05, 0) is 44.1 Å². The molecular formula is C10H19N. The van der Waals surface area contributed by atoms with Gasteiger partial charge >= 0.3 is 0 Å². The van der Waals surface area contributed by atoms with Crippen molar-refractivity contribution < 1.29 is 0 Å². The van der Waals surface area contributed by atoms with E-state index in [9.17, 15) is 0 Å². The van der Waals surface area contributed by atoms with E-state index in [2.05, 4.69) is 12.2 Å². The van der Waals surface area contributed by atoms with Crippen LogP contribution in [0, 0.1) is 11.8 Å². The van der Waals surface area contributed by atoms with Crippen molar-refractivity contribution in [1.82, 2.24) is 5.32 Å². The smallest absolute Gasteiger partial charge is 0.00980 e. The highest BCUT2D eigenvalue weighted by atomic mass is 14.9. The molecule has 0 aromatic carbocycles. The van der Waals surface area contributed by atoms with Crippen LogP contribution in [0.25, 0.3) is 0 Å². The molecule has 1 nitrogen and oxygen atoms in total. The molecule has 0 aliphatic heterocycles. The molecule has 0 aromatic heterocycles. The average Bonchev–Trinajstić information content (AvgIpc) is 2.60. The summed E-state index contributed by atoms with van der Waals surface area (Å²) in [6.45, 7) is 3.48. The molecule has 11 heavy (non-hydrogen) atoms. The van der Waals surface area contributed by atoms with Crippen molar-refractivity contribution in [2.45, 2.75) is 45.1 Å². The molecule has 0 unspecified atom stereocenters. The van der Waals surface area contributed by atoms with Crippen LogP contribution in [0.5, 0.6) is 0 Å². The van der Waals surface area contributed by atoms with Crippen LogP contribution in [0.2, 0.25) is 0 Å². The minimum atomic E-state index is 0.897. The Labute approximate surface area is 69.6 Å². The van der Waals surface area contributed by atoms with Gasteiger partial charge in [0.1, 0.15) is 0 Å². The molecule has 64 valence electrons. The van der Waals surface area contributed by atoms with Crippen molar-refractivity contribution in [2.75, 3.05) is 6.54 Å². The second-order valence-electron chi connectivity index (χ2n) is 4.24. The Kier molecular flexibility index (Phi) is 2.17. The first-order valence-electron chi connectivity index (χ1n) is 5.13. The minimum absolute atomic E-state index is 0.897. The Bertz CT molecular complexity index is 133. The molecule has 2 bridgehead atoms. The monoisotopic (exact) mass is 153 g/mol. The van der Waals surface area contributed by atoms with Crippen LogP contribution >= 0.6 is 0 Å². The van der Waals surface area contributed by atoms with Crippen LogP contribution in [0.4, 0.5) is 0 Å². The summed E-state index contributed by atoms with van der Waals surface area (Å²) in [5, 5.41) is 3.66. The topological polar surface area (TPSA) is 12.0 Å². The van der Waals surface area contributed by atoms with E-state index in [0.29, 0.717) is 0 Å². The van der Waals surface area contributed by atoms with Gasteiger partial charge in [-0.25, -0.2) is 0 Å². The first-order valence-corrected chi connectivity index (χ1v) is 5.13. The molecule has 0 saturated heterocycles. The van der Waals surface area contributed by atoms with Crippen LogP contribution < -0.4 is 5.32 Å². The summed E-state index contributed by atoms with van der Waals surface area (Å²) in [5.74, 6) is 2.14. The summed E-state index contributed by atoms with van der Waals surface area (Å²) in [4.78, 5) is 0. The lowest BCUT2D eigenvalue weighted by molar-refractivity contribution is 0.353. The minimum Gasteiger partial charge on any atom is -0.314 e. The average molecular weight is 153 g/mol. The Morgan fingerprint density at radius 1 is 1.27 bits per heavy atom. The maximum absolute atomic E-state index is 3.66. The first kappa shape index (κ1) is 7.60. The van der Waals surface area contributed by atoms with Gasteiger partial charge in [0.15, 0.2) is 0 Å². The number of nitrogens with one attached hydrogen (secondary N) is 1. The molecule has 0 spiro atoms. The Morgan fingerprint density at radius 2 is 2.18 bits per heavy atom. The third-order valence-corrected chi connectivity index (χ3v) is 3.39. The van der Waals surface area contributed by atoms with E-state index in [1.807, 2.05) is 0 Å². The molecule has 3 atom stereocenters. The lowest BCUT2D eigenvalue weighted by Gasteiger charge is -2.22. The molecule has 0 heterocycles. The highest BCUT2D eigenvalue weighted by molar-refractivity contribution is 4.93. The van der Waals surface area contributed by atoms with E-state index in [1.54, 1.807) is 0 Å². The summed E-state index contributed by atoms with van der Waals surface area (Å²) in [7, 11) is 0. The fourth-order valence-corrected chi connectivity index (χ4v) is 2.82. The maximum Gasteiger partial charge on any atom is 0.00980 e. The van der Waals surface area contributed by atoms with Crippen LogP contribution in [0.1, 0.15) is 39.0 Å². The Hall–Kier alpha value is -0.0400. The van der Waals surface area contributed by atoms with Crippen molar-refractivity contribution in [1.29, 1.82) is 0 Å². The molecule has 0 radical (unpaired) electrons. The lowest BCUT2D eigenvalue weighted by Crippen LogP contribution is -2.34. The van der Waals surface area contributed by atoms with Gasteiger partial charge in [0, 0.05) is 6.04 Å². The summed E-state index contributed by atoms with van der Waals surface area (Å²) in [6, 6.07) is 0.897. The Balaban J connectivity index is 1.78. The fraction of sp³-hybridized carbons (Fsp3) is 1.00. The maximum atomic E-state index is 3.66. The van der Waals surface area contributed by atoms with E-state index in [0.717, 1.165) is 17.9 Å². The zero-order valence-electron chi connectivity index (χ0n) is 7.47. The highest BCUT2D eigenvalue weighted by Gasteiger charge is 2.38. The summed E-state index contributed by atoms with van der Waals surface area (Å²) in [6.07, 6.45) is 7.32. The van der Waals surface area contributed by atoms with Crippen molar-refractivity contribution in [2.24, 2.45) is 11.8 Å². The SMILES string of the molecule is CCCN[C@@H]1C[C@H]2CC[C@@H]1C2. The predicted molar refractivity (Wildman–Crippen MR) is 47.5 cm³/mol. The van der Waals surface area contributed by atoms with Crippen molar-refractivity contribution in [3.8, 4) is 0 Å². The predicted octanol–water partition coefficient (Wildman–Crippen LogP) is 2.17. The fourth-order valence-electron chi connectivity index (χ4n) is 2.82. The molecule has 2 fully saturated rings. The number of hydrogen-bond donors (Lipinski definition) is 1. The first-order chi connectivity index (χ1) is 5.40. The van der Waals surface area contributed by atoms with E-state index in [-0.39, 0.29) is 0 Å². The molecule has 0 aromatic rings. The number of rotatable bonds is 3. The largest absolute Gasteiger partial charge is 0.314 e. The van der Waals surface area contributed by atoms with Gasteiger partial charge in [-0.1, -0.05) is 13.3 Å². The van der Waals surface area contributed by atoms with Crippen molar-refractivity contribution >= 4 is 0 Å². The van der Waals surface area contributed by atoms with Crippen LogP contribution in [0.3, 0.4) is 0 Å². The second-order valence-corrected chi connectivity index (χ2v) is 4.24.